The maximum Gasteiger partial charge on any atom is 0.0485 e. The molecule has 2 nitrogen and oxygen atoms in total. The van der Waals surface area contributed by atoms with Crippen molar-refractivity contribution in [2.45, 2.75) is 38.1 Å². The van der Waals surface area contributed by atoms with Gasteiger partial charge in [-0.05, 0) is 50.3 Å². The highest BCUT2D eigenvalue weighted by Crippen LogP contribution is 2.28. The van der Waals surface area contributed by atoms with Gasteiger partial charge in [0, 0.05) is 17.4 Å². The average molecular weight is 176 g/mol. The fraction of sp³-hybridized carbons (Fsp3) is 0.636. The van der Waals surface area contributed by atoms with Crippen molar-refractivity contribution in [2.75, 3.05) is 6.54 Å². The first-order chi connectivity index (χ1) is 6.43. The fourth-order valence-electron chi connectivity index (χ4n) is 2.37. The third-order valence-corrected chi connectivity index (χ3v) is 3.33. The van der Waals surface area contributed by atoms with Crippen LogP contribution in [0.4, 0.5) is 0 Å². The Bertz CT molecular complexity index is 286. The zero-order valence-corrected chi connectivity index (χ0v) is 7.90. The second-order valence-corrected chi connectivity index (χ2v) is 4.23. The Morgan fingerprint density at radius 1 is 1.23 bits per heavy atom. The average Bonchev–Trinajstić information content (AvgIpc) is 2.43. The number of rotatable bonds is 1. The van der Waals surface area contributed by atoms with Crippen LogP contribution in [0.15, 0.2) is 6.07 Å². The molecule has 70 valence electrons. The molecule has 1 fully saturated rings. The van der Waals surface area contributed by atoms with Crippen molar-refractivity contribution in [1.29, 1.82) is 0 Å². The van der Waals surface area contributed by atoms with Gasteiger partial charge in [-0.1, -0.05) is 0 Å². The lowest BCUT2D eigenvalue weighted by atomic mass is 9.97. The second kappa shape index (κ2) is 2.88. The minimum absolute atomic E-state index is 0.630. The number of aromatic nitrogens is 1. The standard InChI is InChI=1S/C11H16N2/c1-2-4-9-8(3-1)7-11(13-9)10-5-6-12-10/h7,10,12-13H,1-6H2. The molecule has 1 aromatic rings. The van der Waals surface area contributed by atoms with Crippen LogP contribution >= 0.6 is 0 Å². The summed E-state index contributed by atoms with van der Waals surface area (Å²) in [4.78, 5) is 3.57. The predicted molar refractivity (Wildman–Crippen MR) is 52.8 cm³/mol. The monoisotopic (exact) mass is 176 g/mol. The summed E-state index contributed by atoms with van der Waals surface area (Å²) in [6.45, 7) is 1.19. The third-order valence-electron chi connectivity index (χ3n) is 3.33. The molecule has 1 aromatic heterocycles. The van der Waals surface area contributed by atoms with Gasteiger partial charge in [-0.15, -0.1) is 0 Å². The molecule has 2 N–H and O–H groups in total. The minimum atomic E-state index is 0.630. The quantitative estimate of drug-likeness (QED) is 0.672. The Hall–Kier alpha value is -0.760. The molecule has 2 heteroatoms. The highest BCUT2D eigenvalue weighted by molar-refractivity contribution is 5.30. The number of fused-ring (bicyclic) bond motifs is 1. The van der Waals surface area contributed by atoms with Crippen LogP contribution in [0.5, 0.6) is 0 Å². The summed E-state index contributed by atoms with van der Waals surface area (Å²) in [5.41, 5.74) is 4.52. The van der Waals surface area contributed by atoms with Crippen LogP contribution in [0, 0.1) is 0 Å². The summed E-state index contributed by atoms with van der Waals surface area (Å²) in [6, 6.07) is 3.01. The molecule has 1 aliphatic heterocycles. The van der Waals surface area contributed by atoms with Gasteiger partial charge in [-0.25, -0.2) is 0 Å². The molecule has 13 heavy (non-hydrogen) atoms. The van der Waals surface area contributed by atoms with Crippen LogP contribution in [-0.4, -0.2) is 11.5 Å². The van der Waals surface area contributed by atoms with Crippen LogP contribution in [0.2, 0.25) is 0 Å². The molecule has 0 spiro atoms. The van der Waals surface area contributed by atoms with Crippen molar-refractivity contribution in [3.05, 3.63) is 23.0 Å². The van der Waals surface area contributed by atoms with Crippen LogP contribution in [-0.2, 0) is 12.8 Å². The van der Waals surface area contributed by atoms with E-state index in [1.54, 1.807) is 5.56 Å². The van der Waals surface area contributed by atoms with Gasteiger partial charge in [0.1, 0.15) is 0 Å². The lowest BCUT2D eigenvalue weighted by molar-refractivity contribution is 0.376. The van der Waals surface area contributed by atoms with E-state index in [1.807, 2.05) is 0 Å². The van der Waals surface area contributed by atoms with E-state index in [0.717, 1.165) is 0 Å². The predicted octanol–water partition coefficient (Wildman–Crippen LogP) is 1.93. The van der Waals surface area contributed by atoms with Gasteiger partial charge in [-0.2, -0.15) is 0 Å². The van der Waals surface area contributed by atoms with Gasteiger partial charge in [0.25, 0.3) is 0 Å². The van der Waals surface area contributed by atoms with Crippen LogP contribution in [0.1, 0.15) is 42.3 Å². The van der Waals surface area contributed by atoms with Gasteiger partial charge in [0.2, 0.25) is 0 Å². The number of hydrogen-bond acceptors (Lipinski definition) is 1. The van der Waals surface area contributed by atoms with Crippen molar-refractivity contribution < 1.29 is 0 Å². The first-order valence-electron chi connectivity index (χ1n) is 5.37. The molecule has 0 amide bonds. The molecule has 1 aliphatic carbocycles. The smallest absolute Gasteiger partial charge is 0.0485 e. The topological polar surface area (TPSA) is 27.8 Å². The number of H-pyrrole nitrogens is 1. The highest BCUT2D eigenvalue weighted by Gasteiger charge is 2.22. The summed E-state index contributed by atoms with van der Waals surface area (Å²) in [7, 11) is 0. The van der Waals surface area contributed by atoms with Crippen molar-refractivity contribution in [3.63, 3.8) is 0 Å². The summed E-state index contributed by atoms with van der Waals surface area (Å²) < 4.78 is 0. The lowest BCUT2D eigenvalue weighted by Gasteiger charge is -2.26. The second-order valence-electron chi connectivity index (χ2n) is 4.23. The molecule has 1 unspecified atom stereocenters. The van der Waals surface area contributed by atoms with E-state index < -0.39 is 0 Å². The Morgan fingerprint density at radius 3 is 2.77 bits per heavy atom. The van der Waals surface area contributed by atoms with E-state index in [1.165, 1.54) is 50.0 Å². The zero-order chi connectivity index (χ0) is 8.67. The Kier molecular flexibility index (Phi) is 1.69. The van der Waals surface area contributed by atoms with Gasteiger partial charge < -0.3 is 10.3 Å². The Morgan fingerprint density at radius 2 is 2.08 bits per heavy atom. The van der Waals surface area contributed by atoms with Crippen LogP contribution < -0.4 is 5.32 Å². The largest absolute Gasteiger partial charge is 0.361 e. The number of hydrogen-bond donors (Lipinski definition) is 2. The third kappa shape index (κ3) is 1.20. The summed E-state index contributed by atoms with van der Waals surface area (Å²) in [6.07, 6.45) is 6.60. The van der Waals surface area contributed by atoms with Crippen molar-refractivity contribution >= 4 is 0 Å². The van der Waals surface area contributed by atoms with Gasteiger partial charge in [-0.3, -0.25) is 0 Å². The fourth-order valence-corrected chi connectivity index (χ4v) is 2.37. The van der Waals surface area contributed by atoms with Gasteiger partial charge in [0.15, 0.2) is 0 Å². The number of aryl methyl sites for hydroxylation is 2. The zero-order valence-electron chi connectivity index (χ0n) is 7.90. The molecule has 1 atom stereocenters. The molecule has 2 heterocycles. The van der Waals surface area contributed by atoms with E-state index in [0.29, 0.717) is 6.04 Å². The lowest BCUT2D eigenvalue weighted by Crippen LogP contribution is -2.35. The summed E-state index contributed by atoms with van der Waals surface area (Å²) >= 11 is 0. The molecule has 3 rings (SSSR count). The molecule has 0 radical (unpaired) electrons. The first kappa shape index (κ1) is 7.63. The molecular weight excluding hydrogens is 160 g/mol. The van der Waals surface area contributed by atoms with Crippen molar-refractivity contribution in [1.82, 2.24) is 10.3 Å². The van der Waals surface area contributed by atoms with Crippen molar-refractivity contribution in [2.24, 2.45) is 0 Å². The van der Waals surface area contributed by atoms with Gasteiger partial charge in [0.05, 0.1) is 0 Å². The van der Waals surface area contributed by atoms with E-state index in [4.69, 9.17) is 0 Å². The molecule has 2 aliphatic rings. The first-order valence-corrected chi connectivity index (χ1v) is 5.37. The Balaban J connectivity index is 1.90. The van der Waals surface area contributed by atoms with Crippen molar-refractivity contribution in [3.8, 4) is 0 Å². The number of aromatic amines is 1. The minimum Gasteiger partial charge on any atom is -0.361 e. The maximum absolute atomic E-state index is 3.57. The SMILES string of the molecule is c1c(C2CCN2)[nH]c2c1CCCC2. The Labute approximate surface area is 78.7 Å². The van der Waals surface area contributed by atoms with Crippen LogP contribution in [0.25, 0.3) is 0 Å². The maximum atomic E-state index is 3.57. The van der Waals surface area contributed by atoms with E-state index in [2.05, 4.69) is 16.4 Å². The van der Waals surface area contributed by atoms with Crippen LogP contribution in [0.3, 0.4) is 0 Å². The summed E-state index contributed by atoms with van der Waals surface area (Å²) in [5.74, 6) is 0. The summed E-state index contributed by atoms with van der Waals surface area (Å²) in [5, 5.41) is 3.44. The number of nitrogens with one attached hydrogen (secondary N) is 2. The van der Waals surface area contributed by atoms with Gasteiger partial charge >= 0.3 is 0 Å². The molecule has 0 saturated carbocycles. The molecule has 0 aromatic carbocycles. The van der Waals surface area contributed by atoms with E-state index in [9.17, 15) is 0 Å². The highest BCUT2D eigenvalue weighted by atomic mass is 15.0. The van der Waals surface area contributed by atoms with E-state index >= 15 is 0 Å². The molecule has 0 bridgehead atoms. The molecular formula is C11H16N2. The molecule has 1 saturated heterocycles. The normalized spacial score (nSPS) is 26.6. The van der Waals surface area contributed by atoms with E-state index in [-0.39, 0.29) is 0 Å².